The van der Waals surface area contributed by atoms with E-state index in [9.17, 15) is 9.59 Å². The first-order chi connectivity index (χ1) is 13.6. The minimum Gasteiger partial charge on any atom is -0.356 e. The van der Waals surface area contributed by atoms with Crippen LogP contribution in [0, 0.1) is 5.92 Å². The molecule has 0 bridgehead atoms. The maximum absolute atomic E-state index is 13.4. The standard InChI is InChI=1S/C22H34N4O2/c1-25-20(18-11-4-5-12-19(18)24-25)22(28)26-15-7-6-10-17(26)13-14-23-21(27)16-8-2-3-9-16/h16-17H,2-15H2,1H3,(H,23,27)/t17-/m0/s1. The monoisotopic (exact) mass is 386 g/mol. The fourth-order valence-electron chi connectivity index (χ4n) is 5.35. The molecule has 154 valence electrons. The molecule has 1 saturated carbocycles. The Kier molecular flexibility index (Phi) is 6.02. The molecule has 1 N–H and O–H groups in total. The summed E-state index contributed by atoms with van der Waals surface area (Å²) in [4.78, 5) is 27.8. The Morgan fingerprint density at radius 1 is 1.04 bits per heavy atom. The lowest BCUT2D eigenvalue weighted by Gasteiger charge is -2.36. The SMILES string of the molecule is Cn1nc2c(c1C(=O)N1CCCC[C@H]1CCNC(=O)C1CCCC1)CCCC2. The van der Waals surface area contributed by atoms with Gasteiger partial charge in [-0.1, -0.05) is 12.8 Å². The maximum Gasteiger partial charge on any atom is 0.272 e. The number of amides is 2. The van der Waals surface area contributed by atoms with Crippen LogP contribution in [-0.4, -0.2) is 45.6 Å². The summed E-state index contributed by atoms with van der Waals surface area (Å²) in [5, 5.41) is 7.77. The van der Waals surface area contributed by atoms with Crippen LogP contribution in [0.2, 0.25) is 0 Å². The number of likely N-dealkylation sites (tertiary alicyclic amines) is 1. The molecule has 6 nitrogen and oxygen atoms in total. The van der Waals surface area contributed by atoms with Crippen LogP contribution in [0.25, 0.3) is 0 Å². The van der Waals surface area contributed by atoms with E-state index in [4.69, 9.17) is 0 Å². The van der Waals surface area contributed by atoms with Gasteiger partial charge in [0, 0.05) is 37.7 Å². The normalized spacial score (nSPS) is 22.9. The third kappa shape index (κ3) is 3.96. The summed E-state index contributed by atoms with van der Waals surface area (Å²) in [5.74, 6) is 0.571. The highest BCUT2D eigenvalue weighted by Crippen LogP contribution is 2.28. The second kappa shape index (κ2) is 8.66. The first kappa shape index (κ1) is 19.5. The van der Waals surface area contributed by atoms with E-state index < -0.39 is 0 Å². The fraction of sp³-hybridized carbons (Fsp3) is 0.773. The molecule has 3 aliphatic rings. The van der Waals surface area contributed by atoms with Crippen LogP contribution in [-0.2, 0) is 24.7 Å². The lowest BCUT2D eigenvalue weighted by molar-refractivity contribution is -0.124. The Morgan fingerprint density at radius 2 is 1.79 bits per heavy atom. The number of carbonyl (C=O) groups is 2. The van der Waals surface area contributed by atoms with E-state index in [1.54, 1.807) is 0 Å². The molecule has 28 heavy (non-hydrogen) atoms. The summed E-state index contributed by atoms with van der Waals surface area (Å²) < 4.78 is 1.81. The van der Waals surface area contributed by atoms with Gasteiger partial charge in [0.2, 0.25) is 5.91 Å². The Balaban J connectivity index is 1.40. The lowest BCUT2D eigenvalue weighted by atomic mass is 9.94. The second-order valence-electron chi connectivity index (χ2n) is 8.81. The van der Waals surface area contributed by atoms with Gasteiger partial charge in [0.1, 0.15) is 5.69 Å². The van der Waals surface area contributed by atoms with Crippen molar-refractivity contribution in [1.29, 1.82) is 0 Å². The van der Waals surface area contributed by atoms with Crippen LogP contribution in [0.4, 0.5) is 0 Å². The van der Waals surface area contributed by atoms with E-state index >= 15 is 0 Å². The number of aryl methyl sites for hydroxylation is 2. The molecule has 1 saturated heterocycles. The molecule has 2 fully saturated rings. The molecule has 1 atom stereocenters. The number of nitrogens with zero attached hydrogens (tertiary/aromatic N) is 3. The molecule has 0 spiro atoms. The first-order valence-electron chi connectivity index (χ1n) is 11.3. The van der Waals surface area contributed by atoms with Crippen molar-refractivity contribution >= 4 is 11.8 Å². The lowest BCUT2D eigenvalue weighted by Crippen LogP contribution is -2.46. The van der Waals surface area contributed by atoms with Crippen molar-refractivity contribution in [3.63, 3.8) is 0 Å². The second-order valence-corrected chi connectivity index (χ2v) is 8.81. The molecular weight excluding hydrogens is 352 g/mol. The number of hydrogen-bond donors (Lipinski definition) is 1. The average molecular weight is 387 g/mol. The summed E-state index contributed by atoms with van der Waals surface area (Å²) in [7, 11) is 1.91. The molecule has 1 aromatic rings. The topological polar surface area (TPSA) is 67.2 Å². The number of hydrogen-bond acceptors (Lipinski definition) is 3. The molecule has 0 radical (unpaired) electrons. The van der Waals surface area contributed by atoms with Crippen LogP contribution in [0.5, 0.6) is 0 Å². The van der Waals surface area contributed by atoms with Gasteiger partial charge in [0.15, 0.2) is 0 Å². The Morgan fingerprint density at radius 3 is 2.61 bits per heavy atom. The van der Waals surface area contributed by atoms with Crippen LogP contribution >= 0.6 is 0 Å². The quantitative estimate of drug-likeness (QED) is 0.846. The predicted octanol–water partition coefficient (Wildman–Crippen LogP) is 2.99. The van der Waals surface area contributed by atoms with Crippen LogP contribution in [0.15, 0.2) is 0 Å². The molecule has 2 heterocycles. The smallest absolute Gasteiger partial charge is 0.272 e. The summed E-state index contributed by atoms with van der Waals surface area (Å²) in [6.07, 6.45) is 12.8. The molecular formula is C22H34N4O2. The minimum atomic E-state index is 0.143. The third-order valence-electron chi connectivity index (χ3n) is 6.91. The van der Waals surface area contributed by atoms with Crippen molar-refractivity contribution in [2.24, 2.45) is 13.0 Å². The number of nitrogens with one attached hydrogen (secondary N) is 1. The van der Waals surface area contributed by atoms with Gasteiger partial charge in [-0.25, -0.2) is 0 Å². The summed E-state index contributed by atoms with van der Waals surface area (Å²) in [6.45, 7) is 1.49. The van der Waals surface area contributed by atoms with Gasteiger partial charge >= 0.3 is 0 Å². The molecule has 6 heteroatoms. The van der Waals surface area contributed by atoms with Crippen molar-refractivity contribution < 1.29 is 9.59 Å². The summed E-state index contributed by atoms with van der Waals surface area (Å²) in [6, 6.07) is 0.222. The van der Waals surface area contributed by atoms with E-state index in [-0.39, 0.29) is 23.8 Å². The van der Waals surface area contributed by atoms with Crippen molar-refractivity contribution in [3.05, 3.63) is 17.0 Å². The number of rotatable bonds is 5. The van der Waals surface area contributed by atoms with Crippen molar-refractivity contribution in [2.45, 2.75) is 83.1 Å². The van der Waals surface area contributed by atoms with Gasteiger partial charge in [-0.3, -0.25) is 14.3 Å². The molecule has 1 aromatic heterocycles. The van der Waals surface area contributed by atoms with E-state index in [1.165, 1.54) is 24.8 Å². The van der Waals surface area contributed by atoms with Gasteiger partial charge in [0.25, 0.3) is 5.91 Å². The van der Waals surface area contributed by atoms with Gasteiger partial charge in [-0.05, 0) is 64.2 Å². The van der Waals surface area contributed by atoms with Crippen LogP contribution in [0.3, 0.4) is 0 Å². The van der Waals surface area contributed by atoms with Crippen molar-refractivity contribution in [3.8, 4) is 0 Å². The minimum absolute atomic E-state index is 0.143. The fourth-order valence-corrected chi connectivity index (χ4v) is 5.35. The summed E-state index contributed by atoms with van der Waals surface area (Å²) >= 11 is 0. The van der Waals surface area contributed by atoms with Crippen LogP contribution in [0.1, 0.15) is 86.0 Å². The Labute approximate surface area is 168 Å². The highest BCUT2D eigenvalue weighted by molar-refractivity contribution is 5.94. The van der Waals surface area contributed by atoms with E-state index in [0.29, 0.717) is 6.54 Å². The number of fused-ring (bicyclic) bond motifs is 1. The maximum atomic E-state index is 13.4. The number of carbonyl (C=O) groups excluding carboxylic acids is 2. The molecule has 0 aromatic carbocycles. The molecule has 4 rings (SSSR count). The molecule has 0 unspecified atom stereocenters. The van der Waals surface area contributed by atoms with Gasteiger partial charge < -0.3 is 10.2 Å². The zero-order valence-corrected chi connectivity index (χ0v) is 17.2. The first-order valence-corrected chi connectivity index (χ1v) is 11.3. The zero-order valence-electron chi connectivity index (χ0n) is 17.2. The van der Waals surface area contributed by atoms with Gasteiger partial charge in [0.05, 0.1) is 5.69 Å². The Bertz CT molecular complexity index is 720. The van der Waals surface area contributed by atoms with E-state index in [0.717, 1.165) is 75.7 Å². The van der Waals surface area contributed by atoms with Crippen molar-refractivity contribution in [2.75, 3.05) is 13.1 Å². The highest BCUT2D eigenvalue weighted by Gasteiger charge is 2.32. The molecule has 1 aliphatic heterocycles. The predicted molar refractivity (Wildman–Crippen MR) is 108 cm³/mol. The van der Waals surface area contributed by atoms with Crippen molar-refractivity contribution in [1.82, 2.24) is 20.0 Å². The molecule has 2 aliphatic carbocycles. The molecule has 2 amide bonds. The third-order valence-corrected chi connectivity index (χ3v) is 6.91. The largest absolute Gasteiger partial charge is 0.356 e. The van der Waals surface area contributed by atoms with Crippen LogP contribution < -0.4 is 5.32 Å². The Hall–Kier alpha value is -1.85. The van der Waals surface area contributed by atoms with Gasteiger partial charge in [-0.2, -0.15) is 5.10 Å². The van der Waals surface area contributed by atoms with E-state index in [2.05, 4.69) is 15.3 Å². The van der Waals surface area contributed by atoms with Gasteiger partial charge in [-0.15, -0.1) is 0 Å². The highest BCUT2D eigenvalue weighted by atomic mass is 16.2. The average Bonchev–Trinajstić information content (AvgIpc) is 3.35. The number of piperidine rings is 1. The summed E-state index contributed by atoms with van der Waals surface area (Å²) in [5.41, 5.74) is 3.10. The van der Waals surface area contributed by atoms with E-state index in [1.807, 2.05) is 11.7 Å². The number of aromatic nitrogens is 2. The zero-order chi connectivity index (χ0) is 19.5.